The number of nitrogens with one attached hydrogen (secondary N) is 1. The summed E-state index contributed by atoms with van der Waals surface area (Å²) in [5, 5.41) is 7.37. The van der Waals surface area contributed by atoms with Crippen LogP contribution < -0.4 is 11.1 Å². The van der Waals surface area contributed by atoms with Crippen LogP contribution in [0.4, 0.5) is 10.6 Å². The molecule has 0 bridgehead atoms. The van der Waals surface area contributed by atoms with Gasteiger partial charge in [-0.15, -0.1) is 0 Å². The molecule has 3 heterocycles. The van der Waals surface area contributed by atoms with Gasteiger partial charge in [0.2, 0.25) is 0 Å². The smallest absolute Gasteiger partial charge is 0.319 e. The molecule has 0 aliphatic carbocycles. The van der Waals surface area contributed by atoms with Crippen LogP contribution in [0.2, 0.25) is 0 Å². The highest BCUT2D eigenvalue weighted by molar-refractivity contribution is 5.93. The van der Waals surface area contributed by atoms with Crippen LogP contribution in [0.3, 0.4) is 0 Å². The number of nitrogens with two attached hydrogens (primary N) is 1. The monoisotopic (exact) mass is 357 g/mol. The first-order valence-electron chi connectivity index (χ1n) is 8.45. The van der Waals surface area contributed by atoms with Gasteiger partial charge in [-0.1, -0.05) is 0 Å². The number of rotatable bonds is 3. The minimum absolute atomic E-state index is 0.00893. The first-order valence-corrected chi connectivity index (χ1v) is 8.45. The van der Waals surface area contributed by atoms with Crippen molar-refractivity contribution in [2.75, 3.05) is 26.4 Å². The largest absolute Gasteiger partial charge is 0.384 e. The number of aryl methyl sites for hydroxylation is 1. The van der Waals surface area contributed by atoms with Crippen molar-refractivity contribution in [1.82, 2.24) is 29.9 Å². The van der Waals surface area contributed by atoms with Gasteiger partial charge in [0.1, 0.15) is 5.82 Å². The first kappa shape index (κ1) is 17.7. The van der Waals surface area contributed by atoms with E-state index in [1.54, 1.807) is 31.1 Å². The summed E-state index contributed by atoms with van der Waals surface area (Å²) in [4.78, 5) is 31.7. The van der Waals surface area contributed by atoms with E-state index in [1.165, 1.54) is 6.20 Å². The number of carbonyl (C=O) groups is 2. The fraction of sp³-hybridized carbons (Fsp3) is 0.412. The molecule has 1 aliphatic rings. The van der Waals surface area contributed by atoms with Gasteiger partial charge in [0.25, 0.3) is 5.91 Å². The number of nitrogen functional groups attached to an aromatic ring is 1. The van der Waals surface area contributed by atoms with E-state index < -0.39 is 0 Å². The van der Waals surface area contributed by atoms with Crippen molar-refractivity contribution < 1.29 is 9.59 Å². The zero-order chi connectivity index (χ0) is 18.7. The molecule has 138 valence electrons. The molecule has 3 rings (SSSR count). The van der Waals surface area contributed by atoms with Crippen molar-refractivity contribution in [3.05, 3.63) is 41.3 Å². The number of hydrogen-bond acceptors (Lipinski definition) is 5. The molecule has 0 radical (unpaired) electrons. The molecule has 0 saturated carbocycles. The van der Waals surface area contributed by atoms with Crippen LogP contribution in [-0.2, 0) is 19.6 Å². The van der Waals surface area contributed by atoms with E-state index in [1.807, 2.05) is 15.6 Å². The molecule has 0 spiro atoms. The van der Waals surface area contributed by atoms with Crippen LogP contribution in [0.15, 0.2) is 24.4 Å². The number of aromatic nitrogens is 3. The fourth-order valence-electron chi connectivity index (χ4n) is 2.87. The second-order valence-electron chi connectivity index (χ2n) is 6.46. The van der Waals surface area contributed by atoms with E-state index in [-0.39, 0.29) is 11.9 Å². The Morgan fingerprint density at radius 1 is 1.31 bits per heavy atom. The summed E-state index contributed by atoms with van der Waals surface area (Å²) in [5.41, 5.74) is 7.70. The predicted octanol–water partition coefficient (Wildman–Crippen LogP) is 0.678. The van der Waals surface area contributed by atoms with Gasteiger partial charge in [-0.2, -0.15) is 5.10 Å². The number of urea groups is 1. The van der Waals surface area contributed by atoms with Gasteiger partial charge in [0.05, 0.1) is 30.0 Å². The van der Waals surface area contributed by atoms with Gasteiger partial charge >= 0.3 is 6.03 Å². The predicted molar refractivity (Wildman–Crippen MR) is 96.2 cm³/mol. The maximum absolute atomic E-state index is 12.2. The Morgan fingerprint density at radius 3 is 2.81 bits per heavy atom. The second-order valence-corrected chi connectivity index (χ2v) is 6.46. The number of anilines is 1. The molecule has 0 saturated heterocycles. The van der Waals surface area contributed by atoms with Crippen LogP contribution in [0.1, 0.15) is 28.2 Å². The summed E-state index contributed by atoms with van der Waals surface area (Å²) in [6.07, 6.45) is 2.29. The molecule has 26 heavy (non-hydrogen) atoms. The summed E-state index contributed by atoms with van der Waals surface area (Å²) in [7, 11) is 3.50. The molecule has 0 unspecified atom stereocenters. The fourth-order valence-corrected chi connectivity index (χ4v) is 2.87. The van der Waals surface area contributed by atoms with Crippen molar-refractivity contribution in [2.24, 2.45) is 0 Å². The van der Waals surface area contributed by atoms with Crippen molar-refractivity contribution in [1.29, 1.82) is 0 Å². The summed E-state index contributed by atoms with van der Waals surface area (Å²) in [6.45, 7) is 2.28. The lowest BCUT2D eigenvalue weighted by atomic mass is 10.2. The average molecular weight is 357 g/mol. The van der Waals surface area contributed by atoms with Gasteiger partial charge in [-0.3, -0.25) is 9.48 Å². The SMILES string of the molecule is CN(C)C(=O)N1CCCn2nc(CNC(=O)c3ccc(N)nc3)cc2C1. The molecule has 3 N–H and O–H groups in total. The summed E-state index contributed by atoms with van der Waals surface area (Å²) < 4.78 is 1.91. The van der Waals surface area contributed by atoms with Gasteiger partial charge < -0.3 is 20.9 Å². The Hall–Kier alpha value is -3.10. The van der Waals surface area contributed by atoms with Crippen LogP contribution >= 0.6 is 0 Å². The minimum Gasteiger partial charge on any atom is -0.384 e. The topological polar surface area (TPSA) is 109 Å². The van der Waals surface area contributed by atoms with Gasteiger partial charge in [-0.25, -0.2) is 9.78 Å². The maximum Gasteiger partial charge on any atom is 0.319 e. The van der Waals surface area contributed by atoms with Gasteiger partial charge in [0, 0.05) is 33.4 Å². The Labute approximate surface area is 151 Å². The Morgan fingerprint density at radius 2 is 2.12 bits per heavy atom. The molecule has 9 heteroatoms. The molecule has 0 aromatic carbocycles. The van der Waals surface area contributed by atoms with E-state index in [9.17, 15) is 9.59 Å². The normalized spacial score (nSPS) is 13.7. The lowest BCUT2D eigenvalue weighted by molar-refractivity contribution is 0.0950. The summed E-state index contributed by atoms with van der Waals surface area (Å²) in [6, 6.07) is 5.14. The molecule has 9 nitrogen and oxygen atoms in total. The quantitative estimate of drug-likeness (QED) is 0.839. The standard InChI is InChI=1S/C17H23N7O2/c1-22(2)17(26)23-6-3-7-24-14(11-23)8-13(21-24)10-20-16(25)12-4-5-15(18)19-9-12/h4-5,8-9H,3,6-7,10-11H2,1-2H3,(H2,18,19)(H,20,25). The molecule has 2 aromatic rings. The van der Waals surface area contributed by atoms with Crippen molar-refractivity contribution in [3.8, 4) is 0 Å². The Balaban J connectivity index is 1.64. The van der Waals surface area contributed by atoms with E-state index in [0.29, 0.717) is 31.0 Å². The molecule has 0 fully saturated rings. The van der Waals surface area contributed by atoms with E-state index in [4.69, 9.17) is 5.73 Å². The molecular formula is C17H23N7O2. The molecular weight excluding hydrogens is 334 g/mol. The number of pyridine rings is 1. The van der Waals surface area contributed by atoms with Crippen molar-refractivity contribution in [3.63, 3.8) is 0 Å². The third-order valence-electron chi connectivity index (χ3n) is 4.20. The first-order chi connectivity index (χ1) is 12.4. The molecule has 3 amide bonds. The third-order valence-corrected chi connectivity index (χ3v) is 4.20. The lowest BCUT2D eigenvalue weighted by Gasteiger charge is -2.23. The number of carbonyl (C=O) groups excluding carboxylic acids is 2. The second kappa shape index (κ2) is 7.42. The highest BCUT2D eigenvalue weighted by atomic mass is 16.2. The van der Waals surface area contributed by atoms with E-state index in [0.717, 1.165) is 24.4 Å². The van der Waals surface area contributed by atoms with Gasteiger partial charge in [-0.05, 0) is 24.6 Å². The average Bonchev–Trinajstić information content (AvgIpc) is 2.89. The molecule has 2 aromatic heterocycles. The van der Waals surface area contributed by atoms with Crippen LogP contribution in [-0.4, -0.2) is 57.1 Å². The number of hydrogen-bond donors (Lipinski definition) is 2. The van der Waals surface area contributed by atoms with Crippen LogP contribution in [0.25, 0.3) is 0 Å². The van der Waals surface area contributed by atoms with Crippen molar-refractivity contribution in [2.45, 2.75) is 26.1 Å². The van der Waals surface area contributed by atoms with Crippen molar-refractivity contribution >= 4 is 17.8 Å². The lowest BCUT2D eigenvalue weighted by Crippen LogP contribution is -2.38. The number of fused-ring (bicyclic) bond motifs is 1. The number of amides is 3. The zero-order valence-electron chi connectivity index (χ0n) is 15.0. The Bertz CT molecular complexity index is 798. The van der Waals surface area contributed by atoms with E-state index in [2.05, 4.69) is 15.4 Å². The van der Waals surface area contributed by atoms with Gasteiger partial charge in [0.15, 0.2) is 0 Å². The maximum atomic E-state index is 12.2. The highest BCUT2D eigenvalue weighted by Gasteiger charge is 2.21. The zero-order valence-corrected chi connectivity index (χ0v) is 15.0. The Kier molecular flexibility index (Phi) is 5.06. The summed E-state index contributed by atoms with van der Waals surface area (Å²) in [5.74, 6) is 0.140. The van der Waals surface area contributed by atoms with Crippen LogP contribution in [0, 0.1) is 0 Å². The number of nitrogens with zero attached hydrogens (tertiary/aromatic N) is 5. The molecule has 0 atom stereocenters. The third kappa shape index (κ3) is 3.93. The summed E-state index contributed by atoms with van der Waals surface area (Å²) >= 11 is 0. The van der Waals surface area contributed by atoms with Crippen LogP contribution in [0.5, 0.6) is 0 Å². The minimum atomic E-state index is -0.231. The molecule has 1 aliphatic heterocycles. The van der Waals surface area contributed by atoms with E-state index >= 15 is 0 Å². The highest BCUT2D eigenvalue weighted by Crippen LogP contribution is 2.15.